The molecule has 2 aromatic carbocycles. The molecule has 0 saturated carbocycles. The van der Waals surface area contributed by atoms with Crippen LogP contribution in [0.5, 0.6) is 11.5 Å². The van der Waals surface area contributed by atoms with Gasteiger partial charge in [0.1, 0.15) is 0 Å². The van der Waals surface area contributed by atoms with E-state index < -0.39 is 10.0 Å². The Kier molecular flexibility index (Phi) is 7.07. The van der Waals surface area contributed by atoms with Crippen molar-refractivity contribution in [1.29, 1.82) is 0 Å². The molecule has 31 heavy (non-hydrogen) atoms. The maximum absolute atomic E-state index is 13.2. The van der Waals surface area contributed by atoms with Crippen LogP contribution in [0.1, 0.15) is 29.4 Å². The van der Waals surface area contributed by atoms with Crippen molar-refractivity contribution in [2.45, 2.75) is 24.7 Å². The number of nitrogens with one attached hydrogen (secondary N) is 1. The van der Waals surface area contributed by atoms with Crippen LogP contribution in [0.2, 0.25) is 0 Å². The Morgan fingerprint density at radius 1 is 1.06 bits per heavy atom. The summed E-state index contributed by atoms with van der Waals surface area (Å²) in [6, 6.07) is 11.6. The molecule has 9 heteroatoms. The third-order valence-corrected chi connectivity index (χ3v) is 7.81. The van der Waals surface area contributed by atoms with E-state index in [1.807, 2.05) is 6.07 Å². The maximum Gasteiger partial charge on any atom is 0.264 e. The van der Waals surface area contributed by atoms with Gasteiger partial charge in [0.2, 0.25) is 0 Å². The molecule has 0 atom stereocenters. The lowest BCUT2D eigenvalue weighted by molar-refractivity contribution is 0.0957. The molecule has 166 valence electrons. The Labute approximate surface area is 186 Å². The summed E-state index contributed by atoms with van der Waals surface area (Å²) in [4.78, 5) is 13.0. The average Bonchev–Trinajstić information content (AvgIpc) is 3.21. The number of carbonyl (C=O) groups is 1. The molecule has 0 aliphatic heterocycles. The molecule has 1 amide bonds. The molecule has 1 N–H and O–H groups in total. The third-order valence-electron chi connectivity index (χ3n) is 4.92. The molecule has 0 saturated heterocycles. The fourth-order valence-electron chi connectivity index (χ4n) is 3.08. The number of sulfonamides is 1. The van der Waals surface area contributed by atoms with Gasteiger partial charge in [-0.1, -0.05) is 13.3 Å². The van der Waals surface area contributed by atoms with E-state index in [-0.39, 0.29) is 10.8 Å². The Hall–Kier alpha value is -2.78. The number of hydrogen-bond donors (Lipinski definition) is 1. The van der Waals surface area contributed by atoms with E-state index in [0.717, 1.165) is 22.9 Å². The minimum atomic E-state index is -3.82. The van der Waals surface area contributed by atoms with E-state index in [4.69, 9.17) is 9.47 Å². The average molecular weight is 463 g/mol. The van der Waals surface area contributed by atoms with Crippen LogP contribution >= 0.6 is 11.3 Å². The second kappa shape index (κ2) is 9.57. The summed E-state index contributed by atoms with van der Waals surface area (Å²) < 4.78 is 38.9. The second-order valence-corrected chi connectivity index (χ2v) is 9.98. The van der Waals surface area contributed by atoms with Gasteiger partial charge in [0, 0.05) is 24.4 Å². The quantitative estimate of drug-likeness (QED) is 0.480. The van der Waals surface area contributed by atoms with Crippen molar-refractivity contribution in [3.05, 3.63) is 47.3 Å². The first-order valence-corrected chi connectivity index (χ1v) is 12.1. The lowest BCUT2D eigenvalue weighted by atomic mass is 10.2. The van der Waals surface area contributed by atoms with Crippen molar-refractivity contribution in [1.82, 2.24) is 5.32 Å². The van der Waals surface area contributed by atoms with Crippen LogP contribution in [0.4, 0.5) is 5.69 Å². The van der Waals surface area contributed by atoms with E-state index in [2.05, 4.69) is 12.2 Å². The predicted octanol–water partition coefficient (Wildman–Crippen LogP) is 4.27. The number of amides is 1. The molecule has 0 aliphatic carbocycles. The van der Waals surface area contributed by atoms with Crippen LogP contribution in [0.3, 0.4) is 0 Å². The van der Waals surface area contributed by atoms with Gasteiger partial charge in [0.15, 0.2) is 11.5 Å². The van der Waals surface area contributed by atoms with Crippen LogP contribution < -0.4 is 19.1 Å². The highest BCUT2D eigenvalue weighted by atomic mass is 32.2. The number of anilines is 1. The first-order valence-electron chi connectivity index (χ1n) is 9.84. The maximum atomic E-state index is 13.2. The zero-order valence-electron chi connectivity index (χ0n) is 18.0. The van der Waals surface area contributed by atoms with Crippen LogP contribution in [-0.4, -0.2) is 42.1 Å². The first kappa shape index (κ1) is 22.9. The van der Waals surface area contributed by atoms with Crippen molar-refractivity contribution < 1.29 is 22.7 Å². The molecule has 3 aromatic rings. The van der Waals surface area contributed by atoms with E-state index >= 15 is 0 Å². The number of thiophene rings is 1. The Bertz CT molecular complexity index is 1190. The summed E-state index contributed by atoms with van der Waals surface area (Å²) in [6.45, 7) is 2.71. The van der Waals surface area contributed by atoms with Gasteiger partial charge in [-0.2, -0.15) is 0 Å². The lowest BCUT2D eigenvalue weighted by Gasteiger charge is -2.20. The number of carbonyl (C=O) groups excluding carboxylic acids is 1. The largest absolute Gasteiger partial charge is 0.493 e. The van der Waals surface area contributed by atoms with Crippen LogP contribution in [0, 0.1) is 0 Å². The summed E-state index contributed by atoms with van der Waals surface area (Å²) in [7, 11) is 0.627. The minimum Gasteiger partial charge on any atom is -0.493 e. The van der Waals surface area contributed by atoms with Gasteiger partial charge in [-0.3, -0.25) is 9.10 Å². The minimum absolute atomic E-state index is 0.0917. The number of unbranched alkanes of at least 4 members (excludes halogenated alkanes) is 1. The highest BCUT2D eigenvalue weighted by Gasteiger charge is 2.23. The fraction of sp³-hybridized carbons (Fsp3) is 0.318. The van der Waals surface area contributed by atoms with Crippen LogP contribution in [0.15, 0.2) is 47.4 Å². The van der Waals surface area contributed by atoms with E-state index in [0.29, 0.717) is 28.6 Å². The molecular weight excluding hydrogens is 436 g/mol. The van der Waals surface area contributed by atoms with Crippen molar-refractivity contribution in [2.24, 2.45) is 0 Å². The number of ether oxygens (including phenoxy) is 2. The number of methoxy groups -OCH3 is 2. The first-order chi connectivity index (χ1) is 14.8. The van der Waals surface area contributed by atoms with Crippen molar-refractivity contribution in [3.8, 4) is 11.5 Å². The monoisotopic (exact) mass is 462 g/mol. The third kappa shape index (κ3) is 4.77. The molecule has 0 radical (unpaired) electrons. The molecule has 1 heterocycles. The zero-order valence-corrected chi connectivity index (χ0v) is 19.6. The number of nitrogens with zero attached hydrogens (tertiary/aromatic N) is 1. The Morgan fingerprint density at radius 3 is 2.48 bits per heavy atom. The number of fused-ring (bicyclic) bond motifs is 1. The Morgan fingerprint density at radius 2 is 1.81 bits per heavy atom. The normalized spacial score (nSPS) is 11.4. The molecule has 0 unspecified atom stereocenters. The highest BCUT2D eigenvalue weighted by molar-refractivity contribution is 7.92. The predicted molar refractivity (Wildman–Crippen MR) is 124 cm³/mol. The van der Waals surface area contributed by atoms with Crippen molar-refractivity contribution in [2.75, 3.05) is 32.1 Å². The smallest absolute Gasteiger partial charge is 0.264 e. The molecule has 1 aromatic heterocycles. The standard InChI is InChI=1S/C22H26N2O5S2/c1-5-6-11-23-22(25)21-13-15-12-16(7-10-20(15)30-21)24(2)31(26,27)17-8-9-18(28-3)19(14-17)29-4/h7-10,12-14H,5-6,11H2,1-4H3,(H,23,25). The van der Waals surface area contributed by atoms with E-state index in [1.54, 1.807) is 24.3 Å². The number of hydrogen-bond acceptors (Lipinski definition) is 6. The van der Waals surface area contributed by atoms with Crippen LogP contribution in [-0.2, 0) is 10.0 Å². The van der Waals surface area contributed by atoms with Gasteiger partial charge in [-0.15, -0.1) is 11.3 Å². The molecule has 0 aliphatic rings. The summed E-state index contributed by atoms with van der Waals surface area (Å²) in [6.07, 6.45) is 1.94. The molecule has 0 spiro atoms. The molecule has 0 bridgehead atoms. The van der Waals surface area contributed by atoms with Gasteiger partial charge in [-0.25, -0.2) is 8.42 Å². The summed E-state index contributed by atoms with van der Waals surface area (Å²) in [5.74, 6) is 0.681. The zero-order chi connectivity index (χ0) is 22.6. The molecule has 7 nitrogen and oxygen atoms in total. The van der Waals surface area contributed by atoms with Gasteiger partial charge in [0.25, 0.3) is 15.9 Å². The van der Waals surface area contributed by atoms with E-state index in [9.17, 15) is 13.2 Å². The summed E-state index contributed by atoms with van der Waals surface area (Å²) >= 11 is 1.39. The van der Waals surface area contributed by atoms with Crippen LogP contribution in [0.25, 0.3) is 10.1 Å². The lowest BCUT2D eigenvalue weighted by Crippen LogP contribution is -2.26. The molecule has 0 fully saturated rings. The molecular formula is C22H26N2O5S2. The summed E-state index contributed by atoms with van der Waals surface area (Å²) in [5.41, 5.74) is 0.498. The topological polar surface area (TPSA) is 84.9 Å². The van der Waals surface area contributed by atoms with Gasteiger partial charge >= 0.3 is 0 Å². The van der Waals surface area contributed by atoms with Gasteiger partial charge < -0.3 is 14.8 Å². The van der Waals surface area contributed by atoms with Crippen molar-refractivity contribution >= 4 is 43.0 Å². The van der Waals surface area contributed by atoms with Gasteiger partial charge in [0.05, 0.1) is 29.7 Å². The Balaban J connectivity index is 1.89. The fourth-order valence-corrected chi connectivity index (χ4v) is 5.24. The summed E-state index contributed by atoms with van der Waals surface area (Å²) in [5, 5.41) is 3.72. The highest BCUT2D eigenvalue weighted by Crippen LogP contribution is 2.34. The van der Waals surface area contributed by atoms with Crippen molar-refractivity contribution in [3.63, 3.8) is 0 Å². The second-order valence-electron chi connectivity index (χ2n) is 6.93. The number of rotatable bonds is 9. The number of benzene rings is 2. The SMILES string of the molecule is CCCCNC(=O)c1cc2cc(N(C)S(=O)(=O)c3ccc(OC)c(OC)c3)ccc2s1. The van der Waals surface area contributed by atoms with E-state index in [1.165, 1.54) is 49.0 Å². The molecule has 3 rings (SSSR count). The van der Waals surface area contributed by atoms with Gasteiger partial charge in [-0.05, 0) is 48.2 Å².